The van der Waals surface area contributed by atoms with Gasteiger partial charge in [0.25, 0.3) is 5.91 Å². The van der Waals surface area contributed by atoms with E-state index in [-0.39, 0.29) is 16.9 Å². The number of rotatable bonds is 2. The fraction of sp³-hybridized carbons (Fsp3) is 0.143. The predicted octanol–water partition coefficient (Wildman–Crippen LogP) is 4.81. The zero-order valence-corrected chi connectivity index (χ0v) is 19.4. The molecule has 3 heterocycles. The van der Waals surface area contributed by atoms with Crippen molar-refractivity contribution < 1.29 is 9.21 Å². The van der Waals surface area contributed by atoms with Crippen LogP contribution in [0.1, 0.15) is 15.9 Å². The van der Waals surface area contributed by atoms with Gasteiger partial charge < -0.3 is 9.32 Å². The van der Waals surface area contributed by atoms with E-state index in [1.54, 1.807) is 30.0 Å². The highest BCUT2D eigenvalue weighted by atomic mass is 16.3. The Morgan fingerprint density at radius 1 is 0.857 bits per heavy atom. The number of hydrogen-bond donors (Lipinski definition) is 0. The molecule has 0 saturated carbocycles. The van der Waals surface area contributed by atoms with E-state index in [1.165, 1.54) is 0 Å². The Morgan fingerprint density at radius 2 is 1.54 bits per heavy atom. The van der Waals surface area contributed by atoms with Crippen LogP contribution < -0.4 is 15.2 Å². The Bertz CT molecular complexity index is 1680. The zero-order valence-electron chi connectivity index (χ0n) is 19.4. The first-order valence-electron chi connectivity index (χ1n) is 11.4. The third-order valence-electron chi connectivity index (χ3n) is 6.47. The number of aromatic nitrogens is 2. The van der Waals surface area contributed by atoms with Gasteiger partial charge in [0.2, 0.25) is 0 Å². The summed E-state index contributed by atoms with van der Waals surface area (Å²) in [6.45, 7) is 2.79. The minimum atomic E-state index is -0.277. The van der Waals surface area contributed by atoms with Gasteiger partial charge in [0.1, 0.15) is 5.76 Å². The fourth-order valence-electron chi connectivity index (χ4n) is 4.57. The van der Waals surface area contributed by atoms with Gasteiger partial charge >= 0.3 is 0 Å². The summed E-state index contributed by atoms with van der Waals surface area (Å²) in [6.07, 6.45) is 0. The van der Waals surface area contributed by atoms with E-state index in [0.717, 1.165) is 11.1 Å². The van der Waals surface area contributed by atoms with Crippen molar-refractivity contribution >= 4 is 39.5 Å². The predicted molar refractivity (Wildman–Crippen MR) is 137 cm³/mol. The summed E-state index contributed by atoms with van der Waals surface area (Å²) in [4.78, 5) is 40.4. The largest absolute Gasteiger partial charge is 0.455 e. The molecule has 1 aliphatic heterocycles. The number of carbonyl (C=O) groups excluding carboxylic acids is 1. The van der Waals surface area contributed by atoms with Gasteiger partial charge in [-0.1, -0.05) is 48.5 Å². The van der Waals surface area contributed by atoms with E-state index in [1.807, 2.05) is 66.5 Å². The first kappa shape index (κ1) is 21.0. The maximum Gasteiger partial charge on any atom is 0.263 e. The zero-order chi connectivity index (χ0) is 24.1. The molecule has 0 unspecified atom stereocenters. The topological polar surface area (TPSA) is 79.5 Å². The Morgan fingerprint density at radius 3 is 2.29 bits per heavy atom. The molecule has 0 spiro atoms. The van der Waals surface area contributed by atoms with Crippen molar-refractivity contribution in [2.24, 2.45) is 0 Å². The molecule has 35 heavy (non-hydrogen) atoms. The van der Waals surface area contributed by atoms with Gasteiger partial charge in [-0.3, -0.25) is 14.5 Å². The van der Waals surface area contributed by atoms with Crippen molar-refractivity contribution in [3.63, 3.8) is 0 Å². The lowest BCUT2D eigenvalue weighted by Crippen LogP contribution is -2.44. The number of anilines is 2. The summed E-state index contributed by atoms with van der Waals surface area (Å²) in [5, 5.41) is 0.381. The van der Waals surface area contributed by atoms with Crippen LogP contribution in [0, 0.1) is 6.92 Å². The molecule has 7 nitrogen and oxygen atoms in total. The normalized spacial score (nSPS) is 13.3. The number of carbonyl (C=O) groups is 1. The standard InChI is InChI=1S/C28H22N4O3/c1-17-23(33)19-11-8-12-20(25(19)35-24(17)18-9-4-3-5-10-18)28(34)32-16-15-31(2)26-27(32)30-22-14-7-6-13-21(22)29-26/h3-14H,15-16H2,1-2H3. The maximum absolute atomic E-state index is 13.9. The number of nitrogens with zero attached hydrogens (tertiary/aromatic N) is 4. The Hall–Kier alpha value is -4.52. The summed E-state index contributed by atoms with van der Waals surface area (Å²) in [5.41, 5.74) is 3.23. The third-order valence-corrected chi connectivity index (χ3v) is 6.47. The van der Waals surface area contributed by atoms with Crippen molar-refractivity contribution in [1.82, 2.24) is 9.97 Å². The molecule has 1 aliphatic rings. The summed E-state index contributed by atoms with van der Waals surface area (Å²) in [7, 11) is 1.94. The molecule has 6 rings (SSSR count). The van der Waals surface area contributed by atoms with Crippen molar-refractivity contribution in [2.45, 2.75) is 6.92 Å². The monoisotopic (exact) mass is 462 g/mol. The van der Waals surface area contributed by atoms with Gasteiger partial charge in [-0.15, -0.1) is 0 Å². The summed E-state index contributed by atoms with van der Waals surface area (Å²) >= 11 is 0. The van der Waals surface area contributed by atoms with Crippen LogP contribution in [-0.4, -0.2) is 36.0 Å². The number of amides is 1. The molecule has 0 aliphatic carbocycles. The number of benzene rings is 3. The average molecular weight is 463 g/mol. The number of fused-ring (bicyclic) bond motifs is 3. The molecule has 0 bridgehead atoms. The molecule has 0 saturated heterocycles. The second kappa shape index (κ2) is 8.06. The van der Waals surface area contributed by atoms with E-state index in [9.17, 15) is 9.59 Å². The number of likely N-dealkylation sites (N-methyl/N-ethyl adjacent to an activating group) is 1. The van der Waals surface area contributed by atoms with Crippen LogP contribution in [0.2, 0.25) is 0 Å². The molecule has 3 aromatic carbocycles. The second-order valence-electron chi connectivity index (χ2n) is 8.67. The molecule has 0 N–H and O–H groups in total. The number of hydrogen-bond acceptors (Lipinski definition) is 6. The van der Waals surface area contributed by atoms with Gasteiger partial charge in [0, 0.05) is 31.3 Å². The van der Waals surface area contributed by atoms with Crippen molar-refractivity contribution in [3.05, 3.63) is 94.1 Å². The minimum Gasteiger partial charge on any atom is -0.455 e. The molecule has 0 atom stereocenters. The molecule has 2 aromatic heterocycles. The van der Waals surface area contributed by atoms with Crippen molar-refractivity contribution in [3.8, 4) is 11.3 Å². The third kappa shape index (κ3) is 3.35. The fourth-order valence-corrected chi connectivity index (χ4v) is 4.57. The van der Waals surface area contributed by atoms with Crippen LogP contribution in [-0.2, 0) is 0 Å². The van der Waals surface area contributed by atoms with Gasteiger partial charge in [-0.2, -0.15) is 0 Å². The molecule has 5 aromatic rings. The van der Waals surface area contributed by atoms with Gasteiger partial charge in [-0.05, 0) is 31.2 Å². The lowest BCUT2D eigenvalue weighted by molar-refractivity contribution is 0.0986. The van der Waals surface area contributed by atoms with Gasteiger partial charge in [-0.25, -0.2) is 9.97 Å². The van der Waals surface area contributed by atoms with E-state index >= 15 is 0 Å². The molecular weight excluding hydrogens is 440 g/mol. The van der Waals surface area contributed by atoms with E-state index in [2.05, 4.69) is 0 Å². The molecule has 0 fully saturated rings. The van der Waals surface area contributed by atoms with Crippen LogP contribution in [0.25, 0.3) is 33.3 Å². The highest BCUT2D eigenvalue weighted by molar-refractivity contribution is 6.14. The smallest absolute Gasteiger partial charge is 0.263 e. The van der Waals surface area contributed by atoms with E-state index < -0.39 is 0 Å². The molecule has 1 amide bonds. The minimum absolute atomic E-state index is 0.149. The molecule has 7 heteroatoms. The van der Waals surface area contributed by atoms with Crippen LogP contribution in [0.5, 0.6) is 0 Å². The lowest BCUT2D eigenvalue weighted by atomic mass is 10.0. The van der Waals surface area contributed by atoms with E-state index in [0.29, 0.717) is 52.5 Å². The van der Waals surface area contributed by atoms with E-state index in [4.69, 9.17) is 14.4 Å². The highest BCUT2D eigenvalue weighted by Gasteiger charge is 2.31. The number of para-hydroxylation sites is 3. The van der Waals surface area contributed by atoms with Crippen LogP contribution >= 0.6 is 0 Å². The van der Waals surface area contributed by atoms with Gasteiger partial charge in [0.15, 0.2) is 22.6 Å². The second-order valence-corrected chi connectivity index (χ2v) is 8.67. The van der Waals surface area contributed by atoms with Crippen molar-refractivity contribution in [2.75, 3.05) is 29.9 Å². The molecule has 0 radical (unpaired) electrons. The molecular formula is C28H22N4O3. The van der Waals surface area contributed by atoms with Crippen LogP contribution in [0.15, 0.2) is 82.0 Å². The summed E-state index contributed by atoms with van der Waals surface area (Å²) < 4.78 is 6.29. The molecule has 172 valence electrons. The summed E-state index contributed by atoms with van der Waals surface area (Å²) in [6, 6.07) is 22.2. The van der Waals surface area contributed by atoms with Gasteiger partial charge in [0.05, 0.1) is 22.0 Å². The average Bonchev–Trinajstić information content (AvgIpc) is 2.90. The Kier molecular flexibility index (Phi) is 4.84. The first-order valence-corrected chi connectivity index (χ1v) is 11.4. The Labute approximate surface area is 201 Å². The Balaban J connectivity index is 1.54. The maximum atomic E-state index is 13.9. The highest BCUT2D eigenvalue weighted by Crippen LogP contribution is 2.33. The van der Waals surface area contributed by atoms with Crippen LogP contribution in [0.4, 0.5) is 11.6 Å². The SMILES string of the molecule is Cc1c(-c2ccccc2)oc2c(C(=O)N3CCN(C)c4nc5ccccc5nc43)cccc2c1=O. The lowest BCUT2D eigenvalue weighted by Gasteiger charge is -2.33. The van der Waals surface area contributed by atoms with Crippen LogP contribution in [0.3, 0.4) is 0 Å². The summed E-state index contributed by atoms with van der Waals surface area (Å²) in [5.74, 6) is 1.33. The first-order chi connectivity index (χ1) is 17.0. The van der Waals surface area contributed by atoms with Crippen molar-refractivity contribution in [1.29, 1.82) is 0 Å². The quantitative estimate of drug-likeness (QED) is 0.375.